The third kappa shape index (κ3) is 4.14. The van der Waals surface area contributed by atoms with E-state index >= 15 is 0 Å². The Bertz CT molecular complexity index is 1280. The van der Waals surface area contributed by atoms with E-state index in [1.807, 2.05) is 0 Å². The molecule has 0 spiro atoms. The maximum Gasteiger partial charge on any atom is 0.419 e. The number of primary amides is 1. The van der Waals surface area contributed by atoms with Crippen LogP contribution in [0.25, 0.3) is 5.69 Å². The number of halogens is 4. The van der Waals surface area contributed by atoms with E-state index in [-0.39, 0.29) is 21.8 Å². The molecule has 3 rings (SSSR count). The number of hydrogen-bond acceptors (Lipinski definition) is 5. The molecule has 0 saturated carbocycles. The number of hydrogen-bond donors (Lipinski definition) is 3. The van der Waals surface area contributed by atoms with Crippen LogP contribution in [-0.2, 0) is 26.6 Å². The van der Waals surface area contributed by atoms with E-state index in [0.717, 1.165) is 18.2 Å². The summed E-state index contributed by atoms with van der Waals surface area (Å²) in [5.41, 5.74) is 0.926. The first-order valence-corrected chi connectivity index (χ1v) is 10.3. The maximum absolute atomic E-state index is 12.9. The summed E-state index contributed by atoms with van der Waals surface area (Å²) < 4.78 is 63.7. The summed E-state index contributed by atoms with van der Waals surface area (Å²) in [6.45, 7) is 0. The van der Waals surface area contributed by atoms with Crippen molar-refractivity contribution in [3.05, 3.63) is 76.6 Å². The number of benzene rings is 2. The zero-order valence-corrected chi connectivity index (χ0v) is 16.9. The second kappa shape index (κ2) is 7.64. The van der Waals surface area contributed by atoms with Crippen molar-refractivity contribution in [3.63, 3.8) is 0 Å². The van der Waals surface area contributed by atoms with Gasteiger partial charge in [-0.3, -0.25) is 4.79 Å². The van der Waals surface area contributed by atoms with Gasteiger partial charge < -0.3 is 10.8 Å². The third-order valence-corrected chi connectivity index (χ3v) is 5.73. The number of aromatic nitrogens is 2. The Morgan fingerprint density at radius 3 is 2.29 bits per heavy atom. The average Bonchev–Trinajstić information content (AvgIpc) is 3.17. The molecule has 1 amide bonds. The molecule has 0 aliphatic rings. The Morgan fingerprint density at radius 1 is 1.13 bits per heavy atom. The lowest BCUT2D eigenvalue weighted by atomic mass is 9.85. The molecule has 0 aliphatic carbocycles. The fourth-order valence-corrected chi connectivity index (χ4v) is 3.96. The minimum Gasteiger partial charge on any atom is -0.372 e. The highest BCUT2D eigenvalue weighted by atomic mass is 35.5. The van der Waals surface area contributed by atoms with Gasteiger partial charge in [-0.05, 0) is 23.8 Å². The van der Waals surface area contributed by atoms with Crippen LogP contribution in [-0.4, -0.2) is 29.2 Å². The minimum atomic E-state index is -4.71. The van der Waals surface area contributed by atoms with Gasteiger partial charge in [0.05, 0.1) is 17.4 Å². The van der Waals surface area contributed by atoms with E-state index in [9.17, 15) is 31.5 Å². The van der Waals surface area contributed by atoms with Crippen LogP contribution in [0.4, 0.5) is 13.2 Å². The van der Waals surface area contributed by atoms with E-state index < -0.39 is 38.2 Å². The van der Waals surface area contributed by atoms with Gasteiger partial charge in [-0.2, -0.15) is 18.3 Å². The van der Waals surface area contributed by atoms with Crippen molar-refractivity contribution in [2.45, 2.75) is 16.7 Å². The molecule has 0 fully saturated rings. The van der Waals surface area contributed by atoms with Gasteiger partial charge in [0.15, 0.2) is 5.60 Å². The summed E-state index contributed by atoms with van der Waals surface area (Å²) >= 11 is 6.07. The summed E-state index contributed by atoms with van der Waals surface area (Å²) in [6, 6.07) is 8.64. The Kier molecular flexibility index (Phi) is 5.61. The average molecular weight is 475 g/mol. The monoisotopic (exact) mass is 474 g/mol. The van der Waals surface area contributed by atoms with Gasteiger partial charge in [-0.15, -0.1) is 0 Å². The van der Waals surface area contributed by atoms with Gasteiger partial charge in [0, 0.05) is 16.8 Å². The summed E-state index contributed by atoms with van der Waals surface area (Å²) in [6.07, 6.45) is -3.64. The minimum absolute atomic E-state index is 0.0353. The SMILES string of the molecule is NC(=O)C(O)(c1ccc(-n2cc(C(F)(F)F)cn2)c(S(N)(=O)=O)c1)c1ccccc1Cl. The molecular weight excluding hydrogens is 461 g/mol. The van der Waals surface area contributed by atoms with Crippen molar-refractivity contribution in [1.82, 2.24) is 9.78 Å². The first kappa shape index (κ1) is 22.7. The zero-order chi connectivity index (χ0) is 23.2. The van der Waals surface area contributed by atoms with Crippen molar-refractivity contribution in [2.24, 2.45) is 10.9 Å². The molecule has 1 unspecified atom stereocenters. The van der Waals surface area contributed by atoms with E-state index in [4.69, 9.17) is 22.5 Å². The topological polar surface area (TPSA) is 141 Å². The molecule has 31 heavy (non-hydrogen) atoms. The summed E-state index contributed by atoms with van der Waals surface area (Å²) in [7, 11) is -4.55. The lowest BCUT2D eigenvalue weighted by molar-refractivity contribution is -0.137. The fourth-order valence-electron chi connectivity index (χ4n) is 2.94. The molecule has 13 heteroatoms. The van der Waals surface area contributed by atoms with Crippen LogP contribution in [0.3, 0.4) is 0 Å². The highest BCUT2D eigenvalue weighted by Crippen LogP contribution is 2.36. The molecule has 1 atom stereocenters. The van der Waals surface area contributed by atoms with E-state index in [1.165, 1.54) is 24.3 Å². The number of primary sulfonamides is 1. The lowest BCUT2D eigenvalue weighted by Gasteiger charge is -2.27. The second-order valence-electron chi connectivity index (χ2n) is 6.45. The van der Waals surface area contributed by atoms with E-state index in [2.05, 4.69) is 5.10 Å². The molecule has 2 aromatic carbocycles. The molecule has 0 bridgehead atoms. The first-order chi connectivity index (χ1) is 14.3. The highest BCUT2D eigenvalue weighted by molar-refractivity contribution is 7.89. The number of aliphatic hydroxyl groups is 1. The number of nitrogens with zero attached hydrogens (tertiary/aromatic N) is 2. The zero-order valence-electron chi connectivity index (χ0n) is 15.3. The van der Waals surface area contributed by atoms with E-state index in [1.54, 1.807) is 0 Å². The van der Waals surface area contributed by atoms with Gasteiger partial charge in [0.1, 0.15) is 4.90 Å². The van der Waals surface area contributed by atoms with Gasteiger partial charge in [-0.1, -0.05) is 35.9 Å². The summed E-state index contributed by atoms with van der Waals surface area (Å²) in [4.78, 5) is 11.5. The van der Waals surface area contributed by atoms with E-state index in [0.29, 0.717) is 17.1 Å². The normalized spacial score (nSPS) is 14.3. The van der Waals surface area contributed by atoms with Crippen LogP contribution < -0.4 is 10.9 Å². The van der Waals surface area contributed by atoms with Crippen LogP contribution in [0.15, 0.2) is 59.8 Å². The maximum atomic E-state index is 12.9. The Morgan fingerprint density at radius 2 is 1.77 bits per heavy atom. The number of amides is 1. The number of sulfonamides is 1. The van der Waals surface area contributed by atoms with Crippen LogP contribution in [0.5, 0.6) is 0 Å². The van der Waals surface area contributed by atoms with Crippen LogP contribution >= 0.6 is 11.6 Å². The van der Waals surface area contributed by atoms with Crippen molar-refractivity contribution >= 4 is 27.5 Å². The number of alkyl halides is 3. The molecule has 8 nitrogen and oxygen atoms in total. The van der Waals surface area contributed by atoms with Crippen LogP contribution in [0, 0.1) is 0 Å². The largest absolute Gasteiger partial charge is 0.419 e. The van der Waals surface area contributed by atoms with Crippen molar-refractivity contribution in [2.75, 3.05) is 0 Å². The molecule has 0 radical (unpaired) electrons. The number of rotatable bonds is 5. The smallest absolute Gasteiger partial charge is 0.372 e. The van der Waals surface area contributed by atoms with Crippen molar-refractivity contribution in [3.8, 4) is 5.69 Å². The predicted molar refractivity (Wildman–Crippen MR) is 104 cm³/mol. The standard InChI is InChI=1S/C18H14ClF3N4O4S/c19-13-4-2-1-3-12(13)17(28,16(23)27)10-5-6-14(15(7-10)31(24,29)30)26-9-11(8-25-26)18(20,21)22/h1-9,28H,(H2,23,27)(H2,24,29,30). The Hall–Kier alpha value is -2.93. The molecule has 164 valence electrons. The second-order valence-corrected chi connectivity index (χ2v) is 8.39. The Labute approximate surface area is 178 Å². The first-order valence-electron chi connectivity index (χ1n) is 8.33. The molecule has 0 aliphatic heterocycles. The van der Waals surface area contributed by atoms with Crippen molar-refractivity contribution in [1.29, 1.82) is 0 Å². The van der Waals surface area contributed by atoms with Crippen LogP contribution in [0.2, 0.25) is 5.02 Å². The summed E-state index contributed by atoms with van der Waals surface area (Å²) in [5.74, 6) is -1.27. The molecular formula is C18H14ClF3N4O4S. The fraction of sp³-hybridized carbons (Fsp3) is 0.111. The molecule has 5 N–H and O–H groups in total. The number of carbonyl (C=O) groups is 1. The van der Waals surface area contributed by atoms with Gasteiger partial charge in [0.2, 0.25) is 10.0 Å². The van der Waals surface area contributed by atoms with Gasteiger partial charge >= 0.3 is 6.18 Å². The molecule has 1 aromatic heterocycles. The lowest BCUT2D eigenvalue weighted by Crippen LogP contribution is -2.42. The molecule has 1 heterocycles. The Balaban J connectivity index is 2.26. The number of carbonyl (C=O) groups excluding carboxylic acids is 1. The quantitative estimate of drug-likeness (QED) is 0.518. The predicted octanol–water partition coefficient (Wildman–Crippen LogP) is 1.91. The summed E-state index contributed by atoms with van der Waals surface area (Å²) in [5, 5.41) is 19.8. The van der Waals surface area contributed by atoms with Gasteiger partial charge in [-0.25, -0.2) is 18.2 Å². The van der Waals surface area contributed by atoms with Crippen LogP contribution in [0.1, 0.15) is 16.7 Å². The molecule has 0 saturated heterocycles. The van der Waals surface area contributed by atoms with Crippen molar-refractivity contribution < 1.29 is 31.5 Å². The third-order valence-electron chi connectivity index (χ3n) is 4.46. The molecule has 3 aromatic rings. The number of nitrogens with two attached hydrogens (primary N) is 2. The van der Waals surface area contributed by atoms with Gasteiger partial charge in [0.25, 0.3) is 5.91 Å². The highest BCUT2D eigenvalue weighted by Gasteiger charge is 2.41.